The molecule has 0 aromatic heterocycles. The van der Waals surface area contributed by atoms with Crippen LogP contribution in [-0.4, -0.2) is 24.5 Å². The third-order valence-electron chi connectivity index (χ3n) is 4.50. The Kier molecular flexibility index (Phi) is 6.02. The highest BCUT2D eigenvalue weighted by molar-refractivity contribution is 5.96. The maximum absolute atomic E-state index is 12.2. The summed E-state index contributed by atoms with van der Waals surface area (Å²) in [6, 6.07) is 5.39. The highest BCUT2D eigenvalue weighted by Crippen LogP contribution is 2.24. The molecule has 2 unspecified atom stereocenters. The van der Waals surface area contributed by atoms with Crippen molar-refractivity contribution in [1.82, 2.24) is 10.6 Å². The molecule has 1 aliphatic rings. The lowest BCUT2D eigenvalue weighted by molar-refractivity contribution is 0.0955. The number of rotatable bonds is 4. The molecule has 3 N–H and O–H groups in total. The number of urea groups is 1. The Balaban J connectivity index is 1.96. The molecule has 126 valence electrons. The Morgan fingerprint density at radius 2 is 1.96 bits per heavy atom. The molecule has 0 saturated heterocycles. The summed E-state index contributed by atoms with van der Waals surface area (Å²) >= 11 is 0. The number of nitrogens with one attached hydrogen (secondary N) is 3. The summed E-state index contributed by atoms with van der Waals surface area (Å²) in [5, 5.41) is 8.74. The molecule has 0 aliphatic heterocycles. The number of carbonyl (C=O) groups excluding carboxylic acids is 2. The highest BCUT2D eigenvalue weighted by Gasteiger charge is 2.22. The third-order valence-corrected chi connectivity index (χ3v) is 4.50. The minimum atomic E-state index is -0.169. The Hall–Kier alpha value is -2.04. The van der Waals surface area contributed by atoms with E-state index >= 15 is 0 Å². The summed E-state index contributed by atoms with van der Waals surface area (Å²) in [6.45, 7) is 6.56. The minimum Gasteiger partial charge on any atom is -0.352 e. The summed E-state index contributed by atoms with van der Waals surface area (Å²) < 4.78 is 0. The van der Waals surface area contributed by atoms with Crippen molar-refractivity contribution >= 4 is 17.6 Å². The van der Waals surface area contributed by atoms with Crippen LogP contribution in [0, 0.1) is 12.8 Å². The molecule has 1 fully saturated rings. The number of anilines is 1. The summed E-state index contributed by atoms with van der Waals surface area (Å²) in [7, 11) is 0. The number of aryl methyl sites for hydroxylation is 1. The third kappa shape index (κ3) is 4.71. The van der Waals surface area contributed by atoms with Crippen molar-refractivity contribution in [3.63, 3.8) is 0 Å². The van der Waals surface area contributed by atoms with E-state index in [4.69, 9.17) is 0 Å². The van der Waals surface area contributed by atoms with E-state index < -0.39 is 0 Å². The average Bonchev–Trinajstić information content (AvgIpc) is 2.52. The molecule has 0 heterocycles. The van der Waals surface area contributed by atoms with E-state index in [-0.39, 0.29) is 18.0 Å². The van der Waals surface area contributed by atoms with E-state index in [1.165, 1.54) is 19.3 Å². The van der Waals surface area contributed by atoms with E-state index in [0.29, 0.717) is 18.0 Å². The minimum absolute atomic E-state index is 0.0948. The van der Waals surface area contributed by atoms with Gasteiger partial charge in [0.2, 0.25) is 0 Å². The molecule has 1 aromatic carbocycles. The van der Waals surface area contributed by atoms with Crippen LogP contribution in [0.25, 0.3) is 0 Å². The molecule has 1 aliphatic carbocycles. The second-order valence-electron chi connectivity index (χ2n) is 6.36. The zero-order valence-corrected chi connectivity index (χ0v) is 14.2. The van der Waals surface area contributed by atoms with Crippen LogP contribution >= 0.6 is 0 Å². The predicted octanol–water partition coefficient (Wildman–Crippen LogP) is 3.44. The van der Waals surface area contributed by atoms with E-state index in [1.54, 1.807) is 18.2 Å². The van der Waals surface area contributed by atoms with Crippen LogP contribution in [0.3, 0.4) is 0 Å². The smallest absolute Gasteiger partial charge is 0.319 e. The molecule has 2 rings (SSSR count). The van der Waals surface area contributed by atoms with Crippen molar-refractivity contribution in [2.45, 2.75) is 52.5 Å². The van der Waals surface area contributed by atoms with Crippen LogP contribution in [0.1, 0.15) is 55.5 Å². The molecular formula is C18H27N3O2. The summed E-state index contributed by atoms with van der Waals surface area (Å²) in [5.41, 5.74) is 2.22. The quantitative estimate of drug-likeness (QED) is 0.796. The fourth-order valence-electron chi connectivity index (χ4n) is 3.07. The number of hydrogen-bond donors (Lipinski definition) is 3. The highest BCUT2D eigenvalue weighted by atomic mass is 16.2. The van der Waals surface area contributed by atoms with Gasteiger partial charge in [0, 0.05) is 23.8 Å². The predicted molar refractivity (Wildman–Crippen MR) is 92.8 cm³/mol. The number of carbonyl (C=O) groups is 2. The van der Waals surface area contributed by atoms with Crippen molar-refractivity contribution in [1.29, 1.82) is 0 Å². The van der Waals surface area contributed by atoms with Gasteiger partial charge >= 0.3 is 6.03 Å². The van der Waals surface area contributed by atoms with Gasteiger partial charge in [0.25, 0.3) is 5.91 Å². The number of hydrogen-bond acceptors (Lipinski definition) is 2. The molecule has 0 bridgehead atoms. The molecule has 1 aromatic rings. The van der Waals surface area contributed by atoms with Crippen LogP contribution in [0.2, 0.25) is 0 Å². The SMILES string of the molecule is CCNC(=O)c1ccc(NC(=O)NC2CCCCC2C)c(C)c1. The molecule has 3 amide bonds. The first kappa shape index (κ1) is 17.3. The molecule has 5 nitrogen and oxygen atoms in total. The van der Waals surface area contributed by atoms with Gasteiger partial charge in [0.15, 0.2) is 0 Å². The molecule has 23 heavy (non-hydrogen) atoms. The first-order chi connectivity index (χ1) is 11.0. The Morgan fingerprint density at radius 1 is 1.22 bits per heavy atom. The van der Waals surface area contributed by atoms with Crippen molar-refractivity contribution in [2.75, 3.05) is 11.9 Å². The maximum Gasteiger partial charge on any atom is 0.319 e. The van der Waals surface area contributed by atoms with Crippen LogP contribution in [-0.2, 0) is 0 Å². The van der Waals surface area contributed by atoms with Gasteiger partial charge in [-0.05, 0) is 56.4 Å². The van der Waals surface area contributed by atoms with Crippen molar-refractivity contribution in [3.05, 3.63) is 29.3 Å². The molecule has 5 heteroatoms. The number of amides is 3. The fraction of sp³-hybridized carbons (Fsp3) is 0.556. The fourth-order valence-corrected chi connectivity index (χ4v) is 3.07. The van der Waals surface area contributed by atoms with Gasteiger partial charge in [-0.2, -0.15) is 0 Å². The monoisotopic (exact) mass is 317 g/mol. The van der Waals surface area contributed by atoms with Crippen LogP contribution in [0.4, 0.5) is 10.5 Å². The molecule has 2 atom stereocenters. The lowest BCUT2D eigenvalue weighted by atomic mass is 9.86. The molecule has 1 saturated carbocycles. The van der Waals surface area contributed by atoms with Gasteiger partial charge in [-0.15, -0.1) is 0 Å². The molecule has 0 radical (unpaired) electrons. The van der Waals surface area contributed by atoms with E-state index in [9.17, 15) is 9.59 Å². The normalized spacial score (nSPS) is 20.7. The zero-order valence-electron chi connectivity index (χ0n) is 14.2. The van der Waals surface area contributed by atoms with E-state index in [1.807, 2.05) is 13.8 Å². The van der Waals surface area contributed by atoms with E-state index in [0.717, 1.165) is 17.7 Å². The van der Waals surface area contributed by atoms with Gasteiger partial charge in [-0.25, -0.2) is 4.79 Å². The van der Waals surface area contributed by atoms with Crippen molar-refractivity contribution in [3.8, 4) is 0 Å². The van der Waals surface area contributed by atoms with Crippen molar-refractivity contribution < 1.29 is 9.59 Å². The number of benzene rings is 1. The largest absolute Gasteiger partial charge is 0.352 e. The second kappa shape index (κ2) is 7.99. The molecular weight excluding hydrogens is 290 g/mol. The first-order valence-corrected chi connectivity index (χ1v) is 8.47. The maximum atomic E-state index is 12.2. The summed E-state index contributed by atoms with van der Waals surface area (Å²) in [6.07, 6.45) is 4.64. The second-order valence-corrected chi connectivity index (χ2v) is 6.36. The summed E-state index contributed by atoms with van der Waals surface area (Å²) in [5.74, 6) is 0.429. The Morgan fingerprint density at radius 3 is 2.61 bits per heavy atom. The first-order valence-electron chi connectivity index (χ1n) is 8.47. The lowest BCUT2D eigenvalue weighted by Gasteiger charge is -2.29. The van der Waals surface area contributed by atoms with Gasteiger partial charge in [0.05, 0.1) is 0 Å². The molecule has 0 spiro atoms. The van der Waals surface area contributed by atoms with E-state index in [2.05, 4.69) is 22.9 Å². The Bertz CT molecular complexity index is 571. The average molecular weight is 317 g/mol. The van der Waals surface area contributed by atoms with Gasteiger partial charge < -0.3 is 16.0 Å². The van der Waals surface area contributed by atoms with Crippen LogP contribution in [0.5, 0.6) is 0 Å². The summed E-state index contributed by atoms with van der Waals surface area (Å²) in [4.78, 5) is 24.0. The lowest BCUT2D eigenvalue weighted by Crippen LogP contribution is -2.43. The zero-order chi connectivity index (χ0) is 16.8. The Labute approximate surface area is 138 Å². The van der Waals surface area contributed by atoms with Crippen LogP contribution in [0.15, 0.2) is 18.2 Å². The van der Waals surface area contributed by atoms with Gasteiger partial charge in [-0.1, -0.05) is 19.8 Å². The standard InChI is InChI=1S/C18H27N3O2/c1-4-19-17(22)14-9-10-16(13(3)11-14)21-18(23)20-15-8-6-5-7-12(15)2/h9-12,15H,4-8H2,1-3H3,(H,19,22)(H2,20,21,23). The topological polar surface area (TPSA) is 70.2 Å². The van der Waals surface area contributed by atoms with Gasteiger partial charge in [-0.3, -0.25) is 4.79 Å². The van der Waals surface area contributed by atoms with Gasteiger partial charge in [0.1, 0.15) is 0 Å². The van der Waals surface area contributed by atoms with Crippen molar-refractivity contribution in [2.24, 2.45) is 5.92 Å². The van der Waals surface area contributed by atoms with Crippen LogP contribution < -0.4 is 16.0 Å².